The normalized spacial score (nSPS) is 17.2. The Kier molecular flexibility index (Phi) is 25.6. The van der Waals surface area contributed by atoms with Crippen LogP contribution in [0.1, 0.15) is 184 Å². The summed E-state index contributed by atoms with van der Waals surface area (Å²) in [7, 11) is 3.00. The van der Waals surface area contributed by atoms with Crippen LogP contribution in [0.15, 0.2) is 40.5 Å². The molecule has 1 saturated heterocycles. The van der Waals surface area contributed by atoms with Gasteiger partial charge < -0.3 is 16.4 Å². The Morgan fingerprint density at radius 2 is 1.32 bits per heavy atom. The average molecular weight is 796 g/mol. The first-order valence-electron chi connectivity index (χ1n) is 22.4. The lowest BCUT2D eigenvalue weighted by molar-refractivity contribution is 0.345. The monoisotopic (exact) mass is 796 g/mol. The van der Waals surface area contributed by atoms with E-state index in [2.05, 4.69) is 105 Å². The van der Waals surface area contributed by atoms with Gasteiger partial charge in [0.25, 0.3) is 0 Å². The topological polar surface area (TPSA) is 81.1 Å². The molecule has 0 spiro atoms. The lowest BCUT2D eigenvalue weighted by Crippen LogP contribution is -2.36. The predicted molar refractivity (Wildman–Crippen MR) is 251 cm³/mol. The van der Waals surface area contributed by atoms with Crippen LogP contribution in [0.4, 0.5) is 14.6 Å². The van der Waals surface area contributed by atoms with Crippen LogP contribution in [0.3, 0.4) is 0 Å². The van der Waals surface area contributed by atoms with Gasteiger partial charge in [0.1, 0.15) is 17.2 Å². The molecule has 2 aliphatic rings. The van der Waals surface area contributed by atoms with E-state index in [1.54, 1.807) is 0 Å². The van der Waals surface area contributed by atoms with Gasteiger partial charge in [-0.05, 0) is 159 Å². The molecule has 1 aromatic heterocycles. The number of aromatic nitrogens is 2. The molecule has 2 unspecified atom stereocenters. The molecule has 2 aromatic rings. The van der Waals surface area contributed by atoms with Crippen LogP contribution < -0.4 is 16.4 Å². The van der Waals surface area contributed by atoms with Gasteiger partial charge in [-0.2, -0.15) is 0 Å². The van der Waals surface area contributed by atoms with Crippen LogP contribution in [0.2, 0.25) is 0 Å². The van der Waals surface area contributed by atoms with Crippen molar-refractivity contribution in [1.29, 1.82) is 0 Å². The lowest BCUT2D eigenvalue weighted by Gasteiger charge is -2.33. The Bertz CT molecular complexity index is 1600. The predicted octanol–water partition coefficient (Wildman–Crippen LogP) is 14.1. The first-order valence-corrected chi connectivity index (χ1v) is 22.4. The van der Waals surface area contributed by atoms with Crippen molar-refractivity contribution in [3.8, 4) is 0 Å². The van der Waals surface area contributed by atoms with E-state index in [1.807, 2.05) is 27.7 Å². The number of nitrogens with two attached hydrogens (primary N) is 2. The third-order valence-electron chi connectivity index (χ3n) is 12.9. The van der Waals surface area contributed by atoms with Crippen LogP contribution in [-0.2, 0) is 12.8 Å². The summed E-state index contributed by atoms with van der Waals surface area (Å²) in [4.78, 5) is 12.3. The van der Waals surface area contributed by atoms with E-state index >= 15 is 4.39 Å². The van der Waals surface area contributed by atoms with Gasteiger partial charge in [-0.25, -0.2) is 14.4 Å². The maximum Gasteiger partial charge on any atom is 0.157 e. The number of rotatable bonds is 14. The molecule has 0 bridgehead atoms. The van der Waals surface area contributed by atoms with E-state index in [-0.39, 0.29) is 12.5 Å². The first-order chi connectivity index (χ1) is 27.2. The van der Waals surface area contributed by atoms with Crippen molar-refractivity contribution in [2.24, 2.45) is 22.8 Å². The highest BCUT2D eigenvalue weighted by Crippen LogP contribution is 2.51. The lowest BCUT2D eigenvalue weighted by atomic mass is 9.82. The number of nitrogens with zero attached hydrogens (tertiary/aromatic N) is 3. The number of hydrogen-bond acceptors (Lipinski definition) is 5. The summed E-state index contributed by atoms with van der Waals surface area (Å²) < 4.78 is 28.7. The zero-order chi connectivity index (χ0) is 44.2. The molecule has 1 aromatic carbocycles. The molecular weight excluding hydrogens is 709 g/mol. The largest absolute Gasteiger partial charge is 0.350 e. The third kappa shape index (κ3) is 13.6. The molecule has 57 heavy (non-hydrogen) atoms. The van der Waals surface area contributed by atoms with Crippen molar-refractivity contribution in [2.45, 2.75) is 193 Å². The summed E-state index contributed by atoms with van der Waals surface area (Å²) >= 11 is 0. The summed E-state index contributed by atoms with van der Waals surface area (Å²) in [5.41, 5.74) is 19.5. The Hall–Kier alpha value is -2.90. The van der Waals surface area contributed by atoms with E-state index in [9.17, 15) is 4.39 Å². The Labute approximate surface area is 350 Å². The van der Waals surface area contributed by atoms with Gasteiger partial charge in [0.2, 0.25) is 0 Å². The van der Waals surface area contributed by atoms with Crippen molar-refractivity contribution in [2.75, 3.05) is 25.7 Å². The summed E-state index contributed by atoms with van der Waals surface area (Å²) in [6.07, 6.45) is 15.8. The molecule has 2 heterocycles. The van der Waals surface area contributed by atoms with Crippen molar-refractivity contribution >= 4 is 22.3 Å². The van der Waals surface area contributed by atoms with Crippen molar-refractivity contribution in [3.63, 3.8) is 0 Å². The van der Waals surface area contributed by atoms with Gasteiger partial charge in [0.15, 0.2) is 5.82 Å². The standard InChI is InChI=1S/C35H50FN3.C7H14.C6H13F.2CH5N/c1-13-21(8)23(10)30(22(9)20(6)7)24(11)31-28(16-4)29(17-5)32-34(33(31)36)37-25(12)38-35(32)39-26(14-2)18-19-27(39)15-3;1-3-7(4-2)5-6-7;1-3-6(4-2)5-7;2*1-2/h13,26-27H,11,14-19H2,1-10,12H3;3-6H2,1-2H3;6H,3-5H2,1-2H3;2*2H2,1H3/b21-13-,30-23-;;;;. The van der Waals surface area contributed by atoms with Crippen LogP contribution in [0.25, 0.3) is 16.5 Å². The number of hydrogen-bond donors (Lipinski definition) is 2. The van der Waals surface area contributed by atoms with Crippen LogP contribution in [-0.4, -0.2) is 42.8 Å². The minimum Gasteiger partial charge on any atom is -0.350 e. The molecule has 7 heteroatoms. The van der Waals surface area contributed by atoms with Crippen LogP contribution in [0, 0.1) is 24.1 Å². The third-order valence-corrected chi connectivity index (χ3v) is 12.9. The van der Waals surface area contributed by atoms with Gasteiger partial charge in [-0.1, -0.05) is 105 Å². The molecule has 0 amide bonds. The van der Waals surface area contributed by atoms with Gasteiger partial charge in [0, 0.05) is 23.0 Å². The number of fused-ring (bicyclic) bond motifs is 1. The minimum atomic E-state index is -0.263. The maximum atomic E-state index is 17.0. The number of anilines is 1. The number of alkyl halides is 1. The highest BCUT2D eigenvalue weighted by atomic mass is 19.1. The van der Waals surface area contributed by atoms with E-state index < -0.39 is 0 Å². The Morgan fingerprint density at radius 1 is 0.825 bits per heavy atom. The van der Waals surface area contributed by atoms with Gasteiger partial charge in [0.05, 0.1) is 6.67 Å². The molecule has 326 valence electrons. The second-order valence-electron chi connectivity index (χ2n) is 15.9. The fourth-order valence-electron chi connectivity index (χ4n) is 8.10. The van der Waals surface area contributed by atoms with Crippen molar-refractivity contribution in [1.82, 2.24) is 9.97 Å². The molecule has 1 saturated carbocycles. The molecular formula is C50H87F2N5. The van der Waals surface area contributed by atoms with E-state index in [1.165, 1.54) is 50.9 Å². The Balaban J connectivity index is 0.00000144. The molecule has 4 rings (SSSR count). The summed E-state index contributed by atoms with van der Waals surface area (Å²) in [5, 5.41) is 0.902. The summed E-state index contributed by atoms with van der Waals surface area (Å²) in [5.74, 6) is 1.60. The quantitative estimate of drug-likeness (QED) is 0.186. The first kappa shape index (κ1) is 54.1. The zero-order valence-corrected chi connectivity index (χ0v) is 40.0. The molecule has 2 atom stereocenters. The second kappa shape index (κ2) is 27.0. The van der Waals surface area contributed by atoms with Gasteiger partial charge in [-0.15, -0.1) is 0 Å². The van der Waals surface area contributed by atoms with E-state index in [0.29, 0.717) is 34.9 Å². The molecule has 1 aliphatic heterocycles. The summed E-state index contributed by atoms with van der Waals surface area (Å²) in [6, 6.07) is 0.836. The van der Waals surface area contributed by atoms with Gasteiger partial charge >= 0.3 is 0 Å². The molecule has 4 N–H and O–H groups in total. The smallest absolute Gasteiger partial charge is 0.157 e. The van der Waals surface area contributed by atoms with E-state index in [4.69, 9.17) is 9.97 Å². The number of aryl methyl sites for hydroxylation is 2. The second-order valence-corrected chi connectivity index (χ2v) is 15.9. The van der Waals surface area contributed by atoms with E-state index in [0.717, 1.165) is 101 Å². The minimum absolute atomic E-state index is 0.146. The number of halogens is 2. The number of allylic oxidation sites excluding steroid dienone is 7. The average Bonchev–Trinajstić information content (AvgIpc) is 3.92. The zero-order valence-electron chi connectivity index (χ0n) is 40.0. The SMILES string of the molecule is C=C(/C(C(C)=C(C)C)=C(C)\C(C)=C/C)c1c(CC)c(CC)c2c(N3C(CC)CCC3CC)nc(C)nc2c1F.CCC(CC)CF.CCC1(CC)CC1.CN.CN. The maximum absolute atomic E-state index is 17.0. The summed E-state index contributed by atoms with van der Waals surface area (Å²) in [6.45, 7) is 36.4. The van der Waals surface area contributed by atoms with Crippen molar-refractivity contribution < 1.29 is 8.78 Å². The fourth-order valence-corrected chi connectivity index (χ4v) is 8.10. The van der Waals surface area contributed by atoms with Gasteiger partial charge in [-0.3, -0.25) is 4.39 Å². The van der Waals surface area contributed by atoms with Crippen LogP contribution >= 0.6 is 0 Å². The highest BCUT2D eigenvalue weighted by molar-refractivity contribution is 5.99. The molecule has 1 aliphatic carbocycles. The highest BCUT2D eigenvalue weighted by Gasteiger charge is 2.38. The fraction of sp³-hybridized carbons (Fsp3) is 0.680. The Morgan fingerprint density at radius 3 is 1.63 bits per heavy atom. The molecule has 5 nitrogen and oxygen atoms in total. The molecule has 0 radical (unpaired) electrons. The molecule has 2 fully saturated rings. The number of benzene rings is 1. The van der Waals surface area contributed by atoms with Crippen LogP contribution in [0.5, 0.6) is 0 Å². The van der Waals surface area contributed by atoms with Crippen molar-refractivity contribution in [3.05, 3.63) is 68.9 Å².